The van der Waals surface area contributed by atoms with Crippen molar-refractivity contribution in [2.75, 3.05) is 23.0 Å². The molecule has 0 heterocycles. The van der Waals surface area contributed by atoms with Gasteiger partial charge in [-0.2, -0.15) is 0 Å². The summed E-state index contributed by atoms with van der Waals surface area (Å²) in [7, 11) is 1.53. The molecule has 28 heavy (non-hydrogen) atoms. The molecule has 0 unspecified atom stereocenters. The Morgan fingerprint density at radius 1 is 0.750 bits per heavy atom. The first-order valence-electron chi connectivity index (χ1n) is 8.57. The van der Waals surface area contributed by atoms with Crippen LogP contribution < -0.4 is 21.3 Å². The first kappa shape index (κ1) is 18.9. The van der Waals surface area contributed by atoms with Gasteiger partial charge in [0.05, 0.1) is 11.3 Å². The quantitative estimate of drug-likeness (QED) is 0.525. The molecule has 3 amide bonds. The molecule has 4 N–H and O–H groups in total. The average Bonchev–Trinajstić information content (AvgIpc) is 2.71. The highest BCUT2D eigenvalue weighted by molar-refractivity contribution is 6.08. The molecule has 0 aliphatic heterocycles. The minimum Gasteiger partial charge on any atom is -0.355 e. The predicted octanol–water partition coefficient (Wildman–Crippen LogP) is 4.57. The molecule has 0 aliphatic rings. The fourth-order valence-corrected chi connectivity index (χ4v) is 2.51. The summed E-state index contributed by atoms with van der Waals surface area (Å²) in [5, 5.41) is 11.1. The number of anilines is 4. The molecule has 0 spiro atoms. The second-order valence-corrected chi connectivity index (χ2v) is 5.91. The summed E-state index contributed by atoms with van der Waals surface area (Å²) in [5.74, 6) is -0.622. The molecule has 0 aromatic heterocycles. The number of amides is 3. The van der Waals surface area contributed by atoms with Crippen molar-refractivity contribution in [1.29, 1.82) is 0 Å². The Morgan fingerprint density at radius 2 is 1.32 bits per heavy atom. The van der Waals surface area contributed by atoms with Gasteiger partial charge in [0.1, 0.15) is 5.82 Å². The number of hydrogen-bond donors (Lipinski definition) is 4. The van der Waals surface area contributed by atoms with Crippen LogP contribution in [0, 0.1) is 5.82 Å². The van der Waals surface area contributed by atoms with Gasteiger partial charge in [-0.15, -0.1) is 0 Å². The molecular weight excluding hydrogens is 359 g/mol. The third-order valence-electron chi connectivity index (χ3n) is 3.92. The van der Waals surface area contributed by atoms with Crippen molar-refractivity contribution in [3.05, 3.63) is 84.2 Å². The van der Waals surface area contributed by atoms with Gasteiger partial charge in [-0.3, -0.25) is 4.79 Å². The zero-order chi connectivity index (χ0) is 19.9. The third kappa shape index (κ3) is 4.85. The van der Waals surface area contributed by atoms with Gasteiger partial charge in [-0.25, -0.2) is 9.18 Å². The van der Waals surface area contributed by atoms with E-state index < -0.39 is 0 Å². The second-order valence-electron chi connectivity index (χ2n) is 5.91. The highest BCUT2D eigenvalue weighted by Crippen LogP contribution is 2.23. The molecule has 142 valence electrons. The smallest absolute Gasteiger partial charge is 0.318 e. The number of rotatable bonds is 5. The van der Waals surface area contributed by atoms with E-state index in [0.717, 1.165) is 0 Å². The summed E-state index contributed by atoms with van der Waals surface area (Å²) < 4.78 is 13.1. The zero-order valence-electron chi connectivity index (χ0n) is 15.1. The maximum absolute atomic E-state index is 13.1. The minimum absolute atomic E-state index is 0.294. The SMILES string of the molecule is CNC(=O)Nc1ccc(NC(=O)c2ccccc2Nc2ccc(F)cc2)cc1. The Hall–Kier alpha value is -3.87. The Labute approximate surface area is 161 Å². The van der Waals surface area contributed by atoms with E-state index in [1.54, 1.807) is 54.6 Å². The molecule has 3 rings (SSSR count). The standard InChI is InChI=1S/C21H19FN4O2/c1-23-21(28)26-17-12-10-16(11-13-17)25-20(27)18-4-2-3-5-19(18)24-15-8-6-14(22)7-9-15/h2-13,24H,1H3,(H,25,27)(H2,23,26,28). The van der Waals surface area contributed by atoms with E-state index in [0.29, 0.717) is 28.3 Å². The summed E-state index contributed by atoms with van der Waals surface area (Å²) >= 11 is 0. The Kier molecular flexibility index (Phi) is 5.86. The number of hydrogen-bond acceptors (Lipinski definition) is 3. The molecule has 0 atom stereocenters. The van der Waals surface area contributed by atoms with Crippen molar-refractivity contribution < 1.29 is 14.0 Å². The molecular formula is C21H19FN4O2. The number of urea groups is 1. The maximum Gasteiger partial charge on any atom is 0.318 e. The largest absolute Gasteiger partial charge is 0.355 e. The molecule has 7 heteroatoms. The number of halogens is 1. The summed E-state index contributed by atoms with van der Waals surface area (Å²) in [5.41, 5.74) is 2.91. The lowest BCUT2D eigenvalue weighted by Crippen LogP contribution is -2.24. The van der Waals surface area contributed by atoms with Crippen LogP contribution in [-0.2, 0) is 0 Å². The highest BCUT2D eigenvalue weighted by Gasteiger charge is 2.12. The Balaban J connectivity index is 1.72. The summed E-state index contributed by atoms with van der Waals surface area (Å²) in [4.78, 5) is 24.0. The fraction of sp³-hybridized carbons (Fsp3) is 0.0476. The first-order valence-corrected chi connectivity index (χ1v) is 8.57. The van der Waals surface area contributed by atoms with Crippen molar-refractivity contribution >= 4 is 34.7 Å². The van der Waals surface area contributed by atoms with Crippen molar-refractivity contribution in [3.63, 3.8) is 0 Å². The van der Waals surface area contributed by atoms with E-state index in [4.69, 9.17) is 0 Å². The van der Waals surface area contributed by atoms with E-state index in [1.165, 1.54) is 19.2 Å². The number of carbonyl (C=O) groups is 2. The van der Waals surface area contributed by atoms with Crippen LogP contribution in [0.4, 0.5) is 31.9 Å². The van der Waals surface area contributed by atoms with Gasteiger partial charge in [0.2, 0.25) is 0 Å². The number of carbonyl (C=O) groups excluding carboxylic acids is 2. The molecule has 0 fully saturated rings. The van der Waals surface area contributed by atoms with Gasteiger partial charge in [0.15, 0.2) is 0 Å². The lowest BCUT2D eigenvalue weighted by atomic mass is 10.1. The molecule has 3 aromatic rings. The number of para-hydroxylation sites is 1. The predicted molar refractivity (Wildman–Crippen MR) is 109 cm³/mol. The summed E-state index contributed by atoms with van der Waals surface area (Å²) in [6, 6.07) is 19.4. The van der Waals surface area contributed by atoms with Crippen LogP contribution in [0.15, 0.2) is 72.8 Å². The van der Waals surface area contributed by atoms with Crippen LogP contribution in [0.1, 0.15) is 10.4 Å². The average molecular weight is 378 g/mol. The van der Waals surface area contributed by atoms with E-state index in [-0.39, 0.29) is 17.8 Å². The van der Waals surface area contributed by atoms with Crippen LogP contribution in [0.2, 0.25) is 0 Å². The van der Waals surface area contributed by atoms with Crippen LogP contribution in [0.25, 0.3) is 0 Å². The van der Waals surface area contributed by atoms with Crippen molar-refractivity contribution in [2.24, 2.45) is 0 Å². The molecule has 0 saturated carbocycles. The van der Waals surface area contributed by atoms with E-state index in [9.17, 15) is 14.0 Å². The number of benzene rings is 3. The van der Waals surface area contributed by atoms with Crippen molar-refractivity contribution in [1.82, 2.24) is 5.32 Å². The molecule has 0 saturated heterocycles. The molecule has 6 nitrogen and oxygen atoms in total. The molecule has 3 aromatic carbocycles. The van der Waals surface area contributed by atoms with Crippen LogP contribution >= 0.6 is 0 Å². The van der Waals surface area contributed by atoms with E-state index in [2.05, 4.69) is 21.3 Å². The van der Waals surface area contributed by atoms with Crippen LogP contribution in [-0.4, -0.2) is 19.0 Å². The summed E-state index contributed by atoms with van der Waals surface area (Å²) in [6.45, 7) is 0. The van der Waals surface area contributed by atoms with Gasteiger partial charge in [0.25, 0.3) is 5.91 Å². The van der Waals surface area contributed by atoms with Gasteiger partial charge >= 0.3 is 6.03 Å². The normalized spacial score (nSPS) is 10.1. The fourth-order valence-electron chi connectivity index (χ4n) is 2.51. The monoisotopic (exact) mass is 378 g/mol. The highest BCUT2D eigenvalue weighted by atomic mass is 19.1. The van der Waals surface area contributed by atoms with Crippen molar-refractivity contribution in [2.45, 2.75) is 0 Å². The first-order chi connectivity index (χ1) is 13.5. The maximum atomic E-state index is 13.1. The van der Waals surface area contributed by atoms with Gasteiger partial charge in [0, 0.05) is 24.1 Å². The topological polar surface area (TPSA) is 82.3 Å². The third-order valence-corrected chi connectivity index (χ3v) is 3.92. The summed E-state index contributed by atoms with van der Waals surface area (Å²) in [6.07, 6.45) is 0. The molecule has 0 aliphatic carbocycles. The lowest BCUT2D eigenvalue weighted by molar-refractivity contribution is 0.102. The Morgan fingerprint density at radius 3 is 1.96 bits per heavy atom. The lowest BCUT2D eigenvalue weighted by Gasteiger charge is -2.13. The molecule has 0 radical (unpaired) electrons. The van der Waals surface area contributed by atoms with Crippen LogP contribution in [0.5, 0.6) is 0 Å². The minimum atomic E-state index is -0.328. The van der Waals surface area contributed by atoms with Gasteiger partial charge in [-0.1, -0.05) is 12.1 Å². The van der Waals surface area contributed by atoms with Crippen molar-refractivity contribution in [3.8, 4) is 0 Å². The van der Waals surface area contributed by atoms with E-state index >= 15 is 0 Å². The number of nitrogens with one attached hydrogen (secondary N) is 4. The second kappa shape index (κ2) is 8.68. The molecule has 0 bridgehead atoms. The van der Waals surface area contributed by atoms with Crippen LogP contribution in [0.3, 0.4) is 0 Å². The van der Waals surface area contributed by atoms with Gasteiger partial charge < -0.3 is 21.3 Å². The zero-order valence-corrected chi connectivity index (χ0v) is 15.1. The van der Waals surface area contributed by atoms with E-state index in [1.807, 2.05) is 6.07 Å². The van der Waals surface area contributed by atoms with Gasteiger partial charge in [-0.05, 0) is 60.7 Å². The Bertz CT molecular complexity index is 972.